The first-order valence-corrected chi connectivity index (χ1v) is 6.01. The third-order valence-electron chi connectivity index (χ3n) is 3.60. The fourth-order valence-corrected chi connectivity index (χ4v) is 2.55. The molecule has 0 bridgehead atoms. The Morgan fingerprint density at radius 1 is 1.53 bits per heavy atom. The average Bonchev–Trinajstić information content (AvgIpc) is 2.39. The van der Waals surface area contributed by atoms with Crippen LogP contribution in [0.4, 0.5) is 5.95 Å². The van der Waals surface area contributed by atoms with Crippen molar-refractivity contribution in [3.8, 4) is 0 Å². The van der Waals surface area contributed by atoms with Crippen molar-refractivity contribution in [2.75, 3.05) is 0 Å². The van der Waals surface area contributed by atoms with Crippen LogP contribution in [-0.4, -0.2) is 26.3 Å². The molecule has 2 atom stereocenters. The molecule has 0 aromatic carbocycles. The topological polar surface area (TPSA) is 138 Å². The standard InChI is InChI=1S/C11H15N5O3/c12-9(17)11(13)5-2-1-3-7(11)8-4-6-14-10(15-8)16(18)19/h4,6-7H,1-3,5,13H2,(H2,12,17). The van der Waals surface area contributed by atoms with Crippen LogP contribution in [-0.2, 0) is 4.79 Å². The van der Waals surface area contributed by atoms with Crippen LogP contribution in [0, 0.1) is 10.1 Å². The van der Waals surface area contributed by atoms with Crippen LogP contribution >= 0.6 is 0 Å². The summed E-state index contributed by atoms with van der Waals surface area (Å²) in [4.78, 5) is 29.1. The molecule has 1 aliphatic rings. The summed E-state index contributed by atoms with van der Waals surface area (Å²) in [6.45, 7) is 0. The van der Waals surface area contributed by atoms with Gasteiger partial charge in [-0.3, -0.25) is 4.79 Å². The van der Waals surface area contributed by atoms with E-state index in [1.165, 1.54) is 6.20 Å². The predicted molar refractivity (Wildman–Crippen MR) is 66.0 cm³/mol. The van der Waals surface area contributed by atoms with Crippen LogP contribution < -0.4 is 11.5 Å². The van der Waals surface area contributed by atoms with Crippen molar-refractivity contribution >= 4 is 11.9 Å². The molecule has 1 aliphatic carbocycles. The van der Waals surface area contributed by atoms with Gasteiger partial charge in [0, 0.05) is 12.0 Å². The summed E-state index contributed by atoms with van der Waals surface area (Å²) in [6.07, 6.45) is 4.09. The lowest BCUT2D eigenvalue weighted by atomic mass is 9.71. The highest BCUT2D eigenvalue weighted by Gasteiger charge is 2.45. The summed E-state index contributed by atoms with van der Waals surface area (Å²) in [5, 5.41) is 10.7. The molecule has 1 aromatic rings. The molecule has 4 N–H and O–H groups in total. The van der Waals surface area contributed by atoms with Gasteiger partial charge in [0.25, 0.3) is 0 Å². The van der Waals surface area contributed by atoms with Crippen LogP contribution in [0.5, 0.6) is 0 Å². The minimum Gasteiger partial charge on any atom is -0.390 e. The summed E-state index contributed by atoms with van der Waals surface area (Å²) in [5.41, 5.74) is 10.7. The molecule has 102 valence electrons. The average molecular weight is 265 g/mol. The van der Waals surface area contributed by atoms with Crippen molar-refractivity contribution in [1.29, 1.82) is 0 Å². The number of amides is 1. The van der Waals surface area contributed by atoms with Gasteiger partial charge >= 0.3 is 5.95 Å². The van der Waals surface area contributed by atoms with E-state index in [1.54, 1.807) is 6.07 Å². The first kappa shape index (κ1) is 13.3. The molecule has 1 fully saturated rings. The molecule has 1 heterocycles. The SMILES string of the molecule is NC(=O)C1(N)CCCCC1c1ccnc([N+](=O)[O-])n1. The minimum atomic E-state index is -1.19. The van der Waals surface area contributed by atoms with Crippen LogP contribution in [0.3, 0.4) is 0 Å². The van der Waals surface area contributed by atoms with Crippen LogP contribution in [0.1, 0.15) is 37.3 Å². The zero-order valence-corrected chi connectivity index (χ0v) is 10.3. The molecule has 19 heavy (non-hydrogen) atoms. The normalized spacial score (nSPS) is 26.9. The number of primary amides is 1. The van der Waals surface area contributed by atoms with Crippen molar-refractivity contribution < 1.29 is 9.72 Å². The molecule has 2 unspecified atom stereocenters. The molecule has 1 amide bonds. The van der Waals surface area contributed by atoms with Crippen molar-refractivity contribution in [3.05, 3.63) is 28.1 Å². The summed E-state index contributed by atoms with van der Waals surface area (Å²) >= 11 is 0. The molecule has 8 heteroatoms. The summed E-state index contributed by atoms with van der Waals surface area (Å²) in [6, 6.07) is 1.55. The Bertz CT molecular complexity index is 521. The maximum Gasteiger partial charge on any atom is 0.468 e. The van der Waals surface area contributed by atoms with Crippen molar-refractivity contribution in [2.45, 2.75) is 37.1 Å². The molecule has 0 spiro atoms. The second-order valence-electron chi connectivity index (χ2n) is 4.74. The Labute approximate surface area is 109 Å². The van der Waals surface area contributed by atoms with E-state index in [-0.39, 0.29) is 0 Å². The Morgan fingerprint density at radius 3 is 2.89 bits per heavy atom. The second kappa shape index (κ2) is 4.88. The lowest BCUT2D eigenvalue weighted by Crippen LogP contribution is -2.57. The first-order chi connectivity index (χ1) is 8.95. The Kier molecular flexibility index (Phi) is 3.43. The highest BCUT2D eigenvalue weighted by Crippen LogP contribution is 2.38. The van der Waals surface area contributed by atoms with Crippen molar-refractivity contribution in [2.24, 2.45) is 11.5 Å². The lowest BCUT2D eigenvalue weighted by molar-refractivity contribution is -0.394. The molecule has 1 saturated carbocycles. The van der Waals surface area contributed by atoms with Gasteiger partial charge in [0.15, 0.2) is 0 Å². The Morgan fingerprint density at radius 2 is 2.26 bits per heavy atom. The van der Waals surface area contributed by atoms with Gasteiger partial charge in [-0.2, -0.15) is 0 Å². The van der Waals surface area contributed by atoms with E-state index >= 15 is 0 Å². The summed E-state index contributed by atoms with van der Waals surface area (Å²) in [5.74, 6) is -1.49. The van der Waals surface area contributed by atoms with Crippen molar-refractivity contribution in [1.82, 2.24) is 9.97 Å². The molecule has 0 saturated heterocycles. The zero-order chi connectivity index (χ0) is 14.0. The van der Waals surface area contributed by atoms with Gasteiger partial charge in [-0.15, -0.1) is 0 Å². The fraction of sp³-hybridized carbons (Fsp3) is 0.545. The molecule has 2 rings (SSSR count). The summed E-state index contributed by atoms with van der Waals surface area (Å²) < 4.78 is 0. The molecule has 8 nitrogen and oxygen atoms in total. The van der Waals surface area contributed by atoms with E-state index in [1.807, 2.05) is 0 Å². The lowest BCUT2D eigenvalue weighted by Gasteiger charge is -2.37. The van der Waals surface area contributed by atoms with Gasteiger partial charge in [-0.1, -0.05) is 22.8 Å². The number of nitro groups is 1. The Hall–Kier alpha value is -2.09. The van der Waals surface area contributed by atoms with Crippen LogP contribution in [0.2, 0.25) is 0 Å². The largest absolute Gasteiger partial charge is 0.468 e. The number of rotatable bonds is 3. The summed E-state index contributed by atoms with van der Waals surface area (Å²) in [7, 11) is 0. The Balaban J connectivity index is 2.40. The van der Waals surface area contributed by atoms with E-state index in [9.17, 15) is 14.9 Å². The number of carbonyl (C=O) groups is 1. The van der Waals surface area contributed by atoms with Gasteiger partial charge < -0.3 is 21.6 Å². The molecule has 1 aromatic heterocycles. The monoisotopic (exact) mass is 265 g/mol. The van der Waals surface area contributed by atoms with Crippen LogP contribution in [0.15, 0.2) is 12.3 Å². The second-order valence-corrected chi connectivity index (χ2v) is 4.74. The molecular weight excluding hydrogens is 250 g/mol. The quantitative estimate of drug-likeness (QED) is 0.592. The van der Waals surface area contributed by atoms with Gasteiger partial charge in [-0.25, -0.2) is 0 Å². The highest BCUT2D eigenvalue weighted by molar-refractivity contribution is 5.85. The number of hydrogen-bond acceptors (Lipinski definition) is 6. The smallest absolute Gasteiger partial charge is 0.390 e. The number of carbonyl (C=O) groups excluding carboxylic acids is 1. The van der Waals surface area contributed by atoms with Gasteiger partial charge in [0.2, 0.25) is 5.91 Å². The van der Waals surface area contributed by atoms with E-state index in [2.05, 4.69) is 9.97 Å². The van der Waals surface area contributed by atoms with E-state index in [0.717, 1.165) is 12.8 Å². The maximum absolute atomic E-state index is 11.6. The predicted octanol–water partition coefficient (Wildman–Crippen LogP) is 0.225. The molecular formula is C11H15N5O3. The number of nitrogens with zero attached hydrogens (tertiary/aromatic N) is 3. The fourth-order valence-electron chi connectivity index (χ4n) is 2.55. The van der Waals surface area contributed by atoms with Crippen LogP contribution in [0.25, 0.3) is 0 Å². The first-order valence-electron chi connectivity index (χ1n) is 6.01. The number of nitrogens with two attached hydrogens (primary N) is 2. The molecule has 0 aliphatic heterocycles. The number of aromatic nitrogens is 2. The molecule has 0 radical (unpaired) electrons. The van der Waals surface area contributed by atoms with Gasteiger partial charge in [0.1, 0.15) is 17.4 Å². The third-order valence-corrected chi connectivity index (χ3v) is 3.60. The van der Waals surface area contributed by atoms with Crippen molar-refractivity contribution in [3.63, 3.8) is 0 Å². The highest BCUT2D eigenvalue weighted by atomic mass is 16.6. The van der Waals surface area contributed by atoms with E-state index in [0.29, 0.717) is 18.5 Å². The van der Waals surface area contributed by atoms with Gasteiger partial charge in [0.05, 0.1) is 0 Å². The number of hydrogen-bond donors (Lipinski definition) is 2. The minimum absolute atomic E-state index is 0.402. The van der Waals surface area contributed by atoms with E-state index < -0.39 is 28.2 Å². The third kappa shape index (κ3) is 2.39. The maximum atomic E-state index is 11.6. The van der Waals surface area contributed by atoms with E-state index in [4.69, 9.17) is 11.5 Å². The van der Waals surface area contributed by atoms with Gasteiger partial charge in [-0.05, 0) is 17.8 Å². The zero-order valence-electron chi connectivity index (χ0n) is 10.3.